The van der Waals surface area contributed by atoms with E-state index in [4.69, 9.17) is 8.22 Å². The van der Waals surface area contributed by atoms with Crippen molar-refractivity contribution in [2.75, 3.05) is 0 Å². The SMILES string of the molecule is [2H]C([2H])([2H])C(=C)C1C=CC(O)(C([2H])([2H])[2H])CC1. The molecule has 11 heavy (non-hydrogen) atoms. The first-order valence-electron chi connectivity index (χ1n) is 6.58. The van der Waals surface area contributed by atoms with Crippen LogP contribution >= 0.6 is 0 Å². The van der Waals surface area contributed by atoms with Gasteiger partial charge in [-0.2, -0.15) is 0 Å². The van der Waals surface area contributed by atoms with E-state index in [9.17, 15) is 5.11 Å². The van der Waals surface area contributed by atoms with E-state index in [0.717, 1.165) is 0 Å². The molecular formula is C10H16O. The molecule has 62 valence electrons. The maximum absolute atomic E-state index is 9.89. The van der Waals surface area contributed by atoms with Gasteiger partial charge in [0.2, 0.25) is 0 Å². The van der Waals surface area contributed by atoms with Gasteiger partial charge in [0.1, 0.15) is 0 Å². The first kappa shape index (κ1) is 3.44. The fraction of sp³-hybridized carbons (Fsp3) is 0.600. The van der Waals surface area contributed by atoms with Crippen molar-refractivity contribution in [2.24, 2.45) is 5.92 Å². The number of hydrogen-bond acceptors (Lipinski definition) is 1. The molecule has 2 atom stereocenters. The quantitative estimate of drug-likeness (QED) is 0.580. The summed E-state index contributed by atoms with van der Waals surface area (Å²) in [7, 11) is 0. The van der Waals surface area contributed by atoms with E-state index in [1.165, 1.54) is 12.2 Å². The van der Waals surface area contributed by atoms with E-state index < -0.39 is 25.2 Å². The minimum Gasteiger partial charge on any atom is -0.386 e. The Morgan fingerprint density at radius 2 is 2.73 bits per heavy atom. The Bertz CT molecular complexity index is 340. The van der Waals surface area contributed by atoms with Gasteiger partial charge in [0, 0.05) is 8.22 Å². The van der Waals surface area contributed by atoms with Crippen molar-refractivity contribution in [3.05, 3.63) is 24.3 Å². The summed E-state index contributed by atoms with van der Waals surface area (Å²) in [5.41, 5.74) is -1.76. The molecule has 1 N–H and O–H groups in total. The summed E-state index contributed by atoms with van der Waals surface area (Å²) < 4.78 is 43.3. The van der Waals surface area contributed by atoms with Gasteiger partial charge in [0.05, 0.1) is 5.60 Å². The molecule has 0 aromatic rings. The Morgan fingerprint density at radius 1 is 1.91 bits per heavy atom. The van der Waals surface area contributed by atoms with Gasteiger partial charge in [-0.05, 0) is 32.5 Å². The summed E-state index contributed by atoms with van der Waals surface area (Å²) in [4.78, 5) is 0. The van der Waals surface area contributed by atoms with Gasteiger partial charge in [-0.3, -0.25) is 0 Å². The molecule has 2 unspecified atom stereocenters. The lowest BCUT2D eigenvalue weighted by molar-refractivity contribution is 0.0903. The molecule has 0 saturated heterocycles. The molecule has 0 spiro atoms. The Balaban J connectivity index is 2.85. The van der Waals surface area contributed by atoms with Crippen LogP contribution in [0.1, 0.15) is 34.8 Å². The summed E-state index contributed by atoms with van der Waals surface area (Å²) >= 11 is 0. The third-order valence-electron chi connectivity index (χ3n) is 1.89. The van der Waals surface area contributed by atoms with Gasteiger partial charge in [0.15, 0.2) is 0 Å². The zero-order chi connectivity index (χ0) is 13.5. The maximum atomic E-state index is 9.89. The van der Waals surface area contributed by atoms with E-state index in [1.54, 1.807) is 0 Å². The van der Waals surface area contributed by atoms with Crippen LogP contribution in [-0.2, 0) is 0 Å². The maximum Gasteiger partial charge on any atom is 0.0800 e. The van der Waals surface area contributed by atoms with Crippen LogP contribution in [0.4, 0.5) is 0 Å². The summed E-state index contributed by atoms with van der Waals surface area (Å²) in [6.07, 6.45) is 2.91. The second-order valence-electron chi connectivity index (χ2n) is 2.95. The molecule has 0 fully saturated rings. The standard InChI is InChI=1S/C10H16O/c1-8(2)9-4-6-10(3,11)7-5-9/h4,6,9,11H,1,5,7H2,2-3H3/i2D3,3D3. The van der Waals surface area contributed by atoms with Crippen LogP contribution in [0.15, 0.2) is 24.3 Å². The molecule has 0 aromatic heterocycles. The van der Waals surface area contributed by atoms with E-state index in [0.29, 0.717) is 0 Å². The topological polar surface area (TPSA) is 20.2 Å². The van der Waals surface area contributed by atoms with E-state index in [-0.39, 0.29) is 18.4 Å². The second kappa shape index (κ2) is 2.82. The normalized spacial score (nSPS) is 47.5. The predicted molar refractivity (Wildman–Crippen MR) is 47.3 cm³/mol. The van der Waals surface area contributed by atoms with Crippen molar-refractivity contribution in [1.29, 1.82) is 0 Å². The van der Waals surface area contributed by atoms with Gasteiger partial charge in [-0.15, -0.1) is 0 Å². The highest BCUT2D eigenvalue weighted by Crippen LogP contribution is 2.28. The van der Waals surface area contributed by atoms with Gasteiger partial charge >= 0.3 is 0 Å². The number of allylic oxidation sites excluding steroid dienone is 2. The van der Waals surface area contributed by atoms with Crippen LogP contribution in [0, 0.1) is 5.92 Å². The number of aliphatic hydroxyl groups is 1. The third kappa shape index (κ3) is 2.19. The van der Waals surface area contributed by atoms with Crippen LogP contribution < -0.4 is 0 Å². The van der Waals surface area contributed by atoms with Crippen molar-refractivity contribution >= 4 is 0 Å². The molecule has 0 aliphatic heterocycles. The average Bonchev–Trinajstić information content (AvgIpc) is 2.15. The van der Waals surface area contributed by atoms with Gasteiger partial charge in [0.25, 0.3) is 0 Å². The minimum absolute atomic E-state index is 0.0137. The molecule has 0 radical (unpaired) electrons. The first-order chi connectivity index (χ1) is 7.47. The lowest BCUT2D eigenvalue weighted by Crippen LogP contribution is -2.25. The lowest BCUT2D eigenvalue weighted by atomic mass is 9.84. The van der Waals surface area contributed by atoms with Crippen LogP contribution in [-0.4, -0.2) is 10.7 Å². The van der Waals surface area contributed by atoms with Crippen molar-refractivity contribution in [3.63, 3.8) is 0 Å². The molecule has 0 amide bonds. The van der Waals surface area contributed by atoms with Crippen LogP contribution in [0.25, 0.3) is 0 Å². The smallest absolute Gasteiger partial charge is 0.0800 e. The highest BCUT2D eigenvalue weighted by Gasteiger charge is 2.23. The van der Waals surface area contributed by atoms with Gasteiger partial charge < -0.3 is 5.11 Å². The van der Waals surface area contributed by atoms with E-state index >= 15 is 0 Å². The number of hydrogen-bond donors (Lipinski definition) is 1. The third-order valence-corrected chi connectivity index (χ3v) is 1.89. The van der Waals surface area contributed by atoms with E-state index in [1.807, 2.05) is 0 Å². The molecule has 1 nitrogen and oxygen atoms in total. The van der Waals surface area contributed by atoms with Crippen LogP contribution in [0.2, 0.25) is 0 Å². The van der Waals surface area contributed by atoms with Crippen molar-refractivity contribution in [2.45, 2.75) is 32.1 Å². The van der Waals surface area contributed by atoms with Gasteiger partial charge in [-0.1, -0.05) is 24.3 Å². The largest absolute Gasteiger partial charge is 0.386 e. The first-order valence-corrected chi connectivity index (χ1v) is 3.58. The fourth-order valence-electron chi connectivity index (χ4n) is 1.12. The minimum atomic E-state index is -2.49. The monoisotopic (exact) mass is 158 g/mol. The molecule has 1 heteroatoms. The second-order valence-corrected chi connectivity index (χ2v) is 2.95. The Labute approximate surface area is 76.9 Å². The summed E-state index contributed by atoms with van der Waals surface area (Å²) in [6.45, 7) is -1.21. The lowest BCUT2D eigenvalue weighted by Gasteiger charge is -2.27. The Morgan fingerprint density at radius 3 is 3.18 bits per heavy atom. The van der Waals surface area contributed by atoms with Crippen molar-refractivity contribution < 1.29 is 13.3 Å². The summed E-state index contributed by atoms with van der Waals surface area (Å²) in [6, 6.07) is 0. The van der Waals surface area contributed by atoms with Crippen LogP contribution in [0.3, 0.4) is 0 Å². The molecule has 0 saturated carbocycles. The molecular weight excluding hydrogens is 136 g/mol. The zero-order valence-corrected chi connectivity index (χ0v) is 6.30. The highest BCUT2D eigenvalue weighted by molar-refractivity contribution is 5.14. The fourth-order valence-corrected chi connectivity index (χ4v) is 1.12. The molecule has 0 bridgehead atoms. The zero-order valence-electron chi connectivity index (χ0n) is 12.3. The molecule has 1 aliphatic carbocycles. The summed E-state index contributed by atoms with van der Waals surface area (Å²) in [5, 5.41) is 9.89. The highest BCUT2D eigenvalue weighted by atomic mass is 16.3. The van der Waals surface area contributed by atoms with Crippen LogP contribution in [0.5, 0.6) is 0 Å². The predicted octanol–water partition coefficient (Wildman–Crippen LogP) is 2.28. The molecule has 0 aromatic carbocycles. The van der Waals surface area contributed by atoms with Crippen molar-refractivity contribution in [1.82, 2.24) is 0 Å². The Kier molecular flexibility index (Phi) is 0.883. The molecule has 1 aliphatic rings. The van der Waals surface area contributed by atoms with Crippen molar-refractivity contribution in [3.8, 4) is 0 Å². The molecule has 0 heterocycles. The Hall–Kier alpha value is -0.560. The van der Waals surface area contributed by atoms with Gasteiger partial charge in [-0.25, -0.2) is 0 Å². The number of rotatable bonds is 1. The summed E-state index contributed by atoms with van der Waals surface area (Å²) in [5.74, 6) is -0.398. The average molecular weight is 158 g/mol. The molecule has 1 rings (SSSR count). The van der Waals surface area contributed by atoms with E-state index in [2.05, 4.69) is 6.58 Å².